The lowest BCUT2D eigenvalue weighted by Crippen LogP contribution is -2.36. The third kappa shape index (κ3) is 5.10. The van der Waals surface area contributed by atoms with Crippen LogP contribution in [-0.2, 0) is 0 Å². The molecule has 0 bridgehead atoms. The van der Waals surface area contributed by atoms with Crippen molar-refractivity contribution in [1.29, 1.82) is 0 Å². The van der Waals surface area contributed by atoms with E-state index in [1.54, 1.807) is 30.3 Å². The fourth-order valence-corrected chi connectivity index (χ4v) is 2.89. The predicted molar refractivity (Wildman–Crippen MR) is 102 cm³/mol. The van der Waals surface area contributed by atoms with Crippen molar-refractivity contribution in [1.82, 2.24) is 10.2 Å². The molecule has 2 aromatic carbocycles. The average Bonchev–Trinajstić information content (AvgIpc) is 2.88. The van der Waals surface area contributed by atoms with Crippen LogP contribution in [0.3, 0.4) is 0 Å². The van der Waals surface area contributed by atoms with Crippen LogP contribution < -0.4 is 20.1 Å². The maximum absolute atomic E-state index is 13.1. The van der Waals surface area contributed by atoms with Crippen molar-refractivity contribution < 1.29 is 18.7 Å². The van der Waals surface area contributed by atoms with E-state index in [0.29, 0.717) is 36.9 Å². The Kier molecular flexibility index (Phi) is 6.13. The summed E-state index contributed by atoms with van der Waals surface area (Å²) in [5.74, 6) is 1.03. The van der Waals surface area contributed by atoms with Crippen LogP contribution in [0.1, 0.15) is 18.0 Å². The molecule has 2 aromatic rings. The first-order valence-corrected chi connectivity index (χ1v) is 8.89. The molecule has 1 atom stereocenters. The van der Waals surface area contributed by atoms with E-state index in [2.05, 4.69) is 10.6 Å². The Hall–Kier alpha value is -2.80. The molecule has 0 fully saturated rings. The van der Waals surface area contributed by atoms with Crippen molar-refractivity contribution in [3.63, 3.8) is 0 Å². The molecule has 0 saturated heterocycles. The summed E-state index contributed by atoms with van der Waals surface area (Å²) in [6.07, 6.45) is 0.827. The van der Waals surface area contributed by atoms with Crippen molar-refractivity contribution in [2.45, 2.75) is 12.5 Å². The Morgan fingerprint density at radius 2 is 1.81 bits per heavy atom. The first-order chi connectivity index (χ1) is 13.0. The highest BCUT2D eigenvalue weighted by molar-refractivity contribution is 5.89. The average molecular weight is 373 g/mol. The smallest absolute Gasteiger partial charge is 0.319 e. The Morgan fingerprint density at radius 1 is 1.11 bits per heavy atom. The van der Waals surface area contributed by atoms with E-state index >= 15 is 0 Å². The van der Waals surface area contributed by atoms with Crippen LogP contribution >= 0.6 is 0 Å². The number of carbonyl (C=O) groups excluding carboxylic acids is 1. The number of hydrogen-bond donors (Lipinski definition) is 2. The van der Waals surface area contributed by atoms with E-state index in [0.717, 1.165) is 12.0 Å². The number of benzene rings is 2. The fourth-order valence-electron chi connectivity index (χ4n) is 2.89. The summed E-state index contributed by atoms with van der Waals surface area (Å²) >= 11 is 0. The van der Waals surface area contributed by atoms with Crippen LogP contribution in [0, 0.1) is 5.82 Å². The molecule has 1 unspecified atom stereocenters. The predicted octanol–water partition coefficient (Wildman–Crippen LogP) is 3.41. The molecule has 0 aromatic heterocycles. The molecular weight excluding hydrogens is 349 g/mol. The number of amides is 2. The molecule has 27 heavy (non-hydrogen) atoms. The second-order valence-corrected chi connectivity index (χ2v) is 6.58. The van der Waals surface area contributed by atoms with Gasteiger partial charge in [-0.05, 0) is 43.9 Å². The largest absolute Gasteiger partial charge is 0.490 e. The van der Waals surface area contributed by atoms with Gasteiger partial charge in [0.25, 0.3) is 0 Å². The first-order valence-electron chi connectivity index (χ1n) is 8.89. The highest BCUT2D eigenvalue weighted by Gasteiger charge is 2.16. The number of hydrogen-bond acceptors (Lipinski definition) is 4. The molecular formula is C20H24FN3O3. The van der Waals surface area contributed by atoms with Crippen molar-refractivity contribution in [3.05, 3.63) is 53.8 Å². The van der Waals surface area contributed by atoms with Gasteiger partial charge in [0.1, 0.15) is 5.82 Å². The first kappa shape index (κ1) is 19.0. The molecule has 7 heteroatoms. The number of anilines is 1. The van der Waals surface area contributed by atoms with Crippen LogP contribution in [0.15, 0.2) is 42.5 Å². The normalized spacial score (nSPS) is 14.4. The van der Waals surface area contributed by atoms with Crippen molar-refractivity contribution in [3.8, 4) is 11.5 Å². The molecule has 1 aliphatic rings. The molecule has 2 N–H and O–H groups in total. The molecule has 144 valence electrons. The number of rotatable bonds is 5. The summed E-state index contributed by atoms with van der Waals surface area (Å²) in [5.41, 5.74) is 1.55. The van der Waals surface area contributed by atoms with Gasteiger partial charge in [-0.15, -0.1) is 0 Å². The quantitative estimate of drug-likeness (QED) is 0.843. The van der Waals surface area contributed by atoms with Gasteiger partial charge in [-0.2, -0.15) is 0 Å². The molecule has 0 radical (unpaired) electrons. The summed E-state index contributed by atoms with van der Waals surface area (Å²) in [6, 6.07) is 11.2. The van der Waals surface area contributed by atoms with Gasteiger partial charge in [-0.1, -0.05) is 12.1 Å². The zero-order valence-electron chi connectivity index (χ0n) is 15.5. The van der Waals surface area contributed by atoms with E-state index in [4.69, 9.17) is 9.47 Å². The lowest BCUT2D eigenvalue weighted by atomic mass is 10.1. The van der Waals surface area contributed by atoms with Gasteiger partial charge >= 0.3 is 6.03 Å². The van der Waals surface area contributed by atoms with Crippen LogP contribution in [0.25, 0.3) is 0 Å². The highest BCUT2D eigenvalue weighted by Crippen LogP contribution is 2.32. The van der Waals surface area contributed by atoms with Gasteiger partial charge < -0.3 is 25.0 Å². The molecule has 0 saturated carbocycles. The van der Waals surface area contributed by atoms with Gasteiger partial charge in [-0.3, -0.25) is 0 Å². The van der Waals surface area contributed by atoms with Crippen LogP contribution in [0.2, 0.25) is 0 Å². The Morgan fingerprint density at radius 3 is 2.52 bits per heavy atom. The second-order valence-electron chi connectivity index (χ2n) is 6.58. The summed E-state index contributed by atoms with van der Waals surface area (Å²) < 4.78 is 24.4. The minimum absolute atomic E-state index is 0.0693. The zero-order valence-corrected chi connectivity index (χ0v) is 15.5. The van der Waals surface area contributed by atoms with Crippen molar-refractivity contribution in [2.75, 3.05) is 39.2 Å². The minimum Gasteiger partial charge on any atom is -0.490 e. The molecule has 2 amide bonds. The van der Waals surface area contributed by atoms with Crippen LogP contribution in [-0.4, -0.2) is 44.8 Å². The number of carbonyl (C=O) groups is 1. The molecule has 1 heterocycles. The van der Waals surface area contributed by atoms with Crippen molar-refractivity contribution >= 4 is 11.7 Å². The van der Waals surface area contributed by atoms with Crippen LogP contribution in [0.4, 0.5) is 14.9 Å². The standard InChI is InChI=1S/C20H24FN3O3/c1-24(2)17(14-4-6-15(21)7-5-14)13-22-20(25)23-16-8-9-18-19(12-16)27-11-3-10-26-18/h4-9,12,17H,3,10-11,13H2,1-2H3,(H2,22,23,25). The topological polar surface area (TPSA) is 62.8 Å². The van der Waals surface area contributed by atoms with E-state index in [-0.39, 0.29) is 17.9 Å². The number of urea groups is 1. The van der Waals surface area contributed by atoms with E-state index < -0.39 is 0 Å². The lowest BCUT2D eigenvalue weighted by Gasteiger charge is -2.25. The number of nitrogens with zero attached hydrogens (tertiary/aromatic N) is 1. The van der Waals surface area contributed by atoms with Crippen LogP contribution in [0.5, 0.6) is 11.5 Å². The van der Waals surface area contributed by atoms with Gasteiger partial charge in [-0.25, -0.2) is 9.18 Å². The summed E-state index contributed by atoms with van der Waals surface area (Å²) in [6.45, 7) is 1.59. The number of halogens is 1. The Bertz CT molecular complexity index is 781. The van der Waals surface area contributed by atoms with Gasteiger partial charge in [0, 0.05) is 24.7 Å². The van der Waals surface area contributed by atoms with Crippen molar-refractivity contribution in [2.24, 2.45) is 0 Å². The summed E-state index contributed by atoms with van der Waals surface area (Å²) in [7, 11) is 3.83. The number of likely N-dealkylation sites (N-methyl/N-ethyl adjacent to an activating group) is 1. The molecule has 3 rings (SSSR count). The lowest BCUT2D eigenvalue weighted by molar-refractivity contribution is 0.243. The maximum atomic E-state index is 13.1. The van der Waals surface area contributed by atoms with Gasteiger partial charge in [0.05, 0.1) is 19.3 Å². The zero-order chi connectivity index (χ0) is 19.2. The maximum Gasteiger partial charge on any atom is 0.319 e. The third-order valence-corrected chi connectivity index (χ3v) is 4.34. The Balaban J connectivity index is 1.60. The summed E-state index contributed by atoms with van der Waals surface area (Å²) in [5, 5.41) is 5.66. The van der Waals surface area contributed by atoms with E-state index in [1.807, 2.05) is 19.0 Å². The number of ether oxygens (including phenoxy) is 2. The fraction of sp³-hybridized carbons (Fsp3) is 0.350. The number of nitrogens with one attached hydrogen (secondary N) is 2. The molecule has 6 nitrogen and oxygen atoms in total. The van der Waals surface area contributed by atoms with E-state index in [9.17, 15) is 9.18 Å². The van der Waals surface area contributed by atoms with Gasteiger partial charge in [0.15, 0.2) is 11.5 Å². The van der Waals surface area contributed by atoms with Gasteiger partial charge in [0.2, 0.25) is 0 Å². The molecule has 1 aliphatic heterocycles. The number of fused-ring (bicyclic) bond motifs is 1. The second kappa shape index (κ2) is 8.73. The monoisotopic (exact) mass is 373 g/mol. The molecule has 0 spiro atoms. The highest BCUT2D eigenvalue weighted by atomic mass is 19.1. The Labute approximate surface area is 158 Å². The third-order valence-electron chi connectivity index (χ3n) is 4.34. The minimum atomic E-state index is -0.321. The molecule has 0 aliphatic carbocycles. The summed E-state index contributed by atoms with van der Waals surface area (Å²) in [4.78, 5) is 14.3. The SMILES string of the molecule is CN(C)C(CNC(=O)Nc1ccc2c(c1)OCCCO2)c1ccc(F)cc1. The van der Waals surface area contributed by atoms with E-state index in [1.165, 1.54) is 12.1 Å².